The summed E-state index contributed by atoms with van der Waals surface area (Å²) in [7, 11) is 1.15. The van der Waals surface area contributed by atoms with E-state index in [0.717, 1.165) is 26.0 Å². The van der Waals surface area contributed by atoms with Crippen LogP contribution in [0.3, 0.4) is 0 Å². The molecule has 2 unspecified atom stereocenters. The van der Waals surface area contributed by atoms with Crippen LogP contribution in [0.15, 0.2) is 17.5 Å². The van der Waals surface area contributed by atoms with Crippen LogP contribution in [0.1, 0.15) is 63.0 Å². The lowest BCUT2D eigenvalue weighted by Crippen LogP contribution is -2.29. The average molecular weight is 372 g/mol. The molecule has 1 aliphatic rings. The maximum atomic E-state index is 14.7. The van der Waals surface area contributed by atoms with E-state index in [1.165, 1.54) is 6.92 Å². The number of unbranched alkanes of at least 4 members (excludes halogenated alkanes) is 2. The van der Waals surface area contributed by atoms with Gasteiger partial charge in [-0.25, -0.2) is 17.6 Å². The molecule has 144 valence electrons. The molecule has 2 nitrogen and oxygen atoms in total. The monoisotopic (exact) mass is 372 g/mol. The van der Waals surface area contributed by atoms with Crippen LogP contribution in [-0.4, -0.2) is 13.1 Å². The molecule has 0 radical (unpaired) electrons. The SMILES string of the molecule is CCCCCc1c(F)cc(C2C(F)=C(C)CCC2C(=O)OC)c(F)c1F. The van der Waals surface area contributed by atoms with E-state index < -0.39 is 46.6 Å². The highest BCUT2D eigenvalue weighted by molar-refractivity contribution is 5.75. The van der Waals surface area contributed by atoms with E-state index in [1.54, 1.807) is 0 Å². The molecule has 2 atom stereocenters. The Balaban J connectivity index is 2.51. The van der Waals surface area contributed by atoms with Crippen molar-refractivity contribution in [1.82, 2.24) is 0 Å². The Morgan fingerprint density at radius 1 is 1.19 bits per heavy atom. The lowest BCUT2D eigenvalue weighted by molar-refractivity contribution is -0.146. The summed E-state index contributed by atoms with van der Waals surface area (Å²) >= 11 is 0. The molecule has 0 heterocycles. The maximum Gasteiger partial charge on any atom is 0.309 e. The van der Waals surface area contributed by atoms with Crippen molar-refractivity contribution in [2.24, 2.45) is 5.92 Å². The number of allylic oxidation sites excluding steroid dienone is 2. The van der Waals surface area contributed by atoms with Crippen molar-refractivity contribution in [3.8, 4) is 0 Å². The zero-order chi connectivity index (χ0) is 19.4. The van der Waals surface area contributed by atoms with Crippen LogP contribution in [0.25, 0.3) is 0 Å². The Morgan fingerprint density at radius 3 is 2.50 bits per heavy atom. The Bertz CT molecular complexity index is 712. The molecule has 0 bridgehead atoms. The first-order valence-electron chi connectivity index (χ1n) is 8.92. The molecule has 0 spiro atoms. The van der Waals surface area contributed by atoms with E-state index in [0.29, 0.717) is 18.4 Å². The first-order valence-corrected chi connectivity index (χ1v) is 8.92. The van der Waals surface area contributed by atoms with Crippen LogP contribution in [0, 0.1) is 23.4 Å². The number of rotatable bonds is 6. The zero-order valence-corrected chi connectivity index (χ0v) is 15.3. The Hall–Kier alpha value is -1.85. The number of esters is 1. The van der Waals surface area contributed by atoms with Crippen molar-refractivity contribution in [3.63, 3.8) is 0 Å². The van der Waals surface area contributed by atoms with Gasteiger partial charge in [-0.05, 0) is 44.2 Å². The normalized spacial score (nSPS) is 20.4. The number of hydrogen-bond acceptors (Lipinski definition) is 2. The number of carbonyl (C=O) groups excluding carboxylic acids is 1. The van der Waals surface area contributed by atoms with Gasteiger partial charge in [-0.3, -0.25) is 4.79 Å². The van der Waals surface area contributed by atoms with Gasteiger partial charge in [0.1, 0.15) is 11.6 Å². The van der Waals surface area contributed by atoms with Crippen LogP contribution in [-0.2, 0) is 16.0 Å². The van der Waals surface area contributed by atoms with Crippen molar-refractivity contribution in [2.75, 3.05) is 7.11 Å². The molecule has 0 saturated carbocycles. The number of hydrogen-bond donors (Lipinski definition) is 0. The van der Waals surface area contributed by atoms with Gasteiger partial charge in [-0.15, -0.1) is 0 Å². The van der Waals surface area contributed by atoms with Crippen molar-refractivity contribution >= 4 is 5.97 Å². The molecule has 0 N–H and O–H groups in total. The Kier molecular flexibility index (Phi) is 6.84. The van der Waals surface area contributed by atoms with Gasteiger partial charge >= 0.3 is 5.97 Å². The molecule has 0 saturated heterocycles. The predicted molar refractivity (Wildman–Crippen MR) is 90.8 cm³/mol. The van der Waals surface area contributed by atoms with Gasteiger partial charge in [-0.2, -0.15) is 0 Å². The highest BCUT2D eigenvalue weighted by Gasteiger charge is 2.40. The Labute approximate surface area is 151 Å². The lowest BCUT2D eigenvalue weighted by Gasteiger charge is -2.30. The lowest BCUT2D eigenvalue weighted by atomic mass is 9.75. The fourth-order valence-corrected chi connectivity index (χ4v) is 3.52. The van der Waals surface area contributed by atoms with Crippen LogP contribution in [0.2, 0.25) is 0 Å². The van der Waals surface area contributed by atoms with E-state index in [-0.39, 0.29) is 18.4 Å². The molecule has 26 heavy (non-hydrogen) atoms. The van der Waals surface area contributed by atoms with Gasteiger partial charge in [-0.1, -0.05) is 19.8 Å². The minimum absolute atomic E-state index is 0.0746. The van der Waals surface area contributed by atoms with Gasteiger partial charge < -0.3 is 4.74 Å². The van der Waals surface area contributed by atoms with Gasteiger partial charge in [0.25, 0.3) is 0 Å². The number of methoxy groups -OCH3 is 1. The quantitative estimate of drug-likeness (QED) is 0.275. The summed E-state index contributed by atoms with van der Waals surface area (Å²) in [6.45, 7) is 3.48. The molecule has 6 heteroatoms. The molecule has 1 aromatic carbocycles. The van der Waals surface area contributed by atoms with Gasteiger partial charge in [0.05, 0.1) is 18.9 Å². The second-order valence-corrected chi connectivity index (χ2v) is 6.79. The number of benzene rings is 1. The molecular weight excluding hydrogens is 348 g/mol. The number of ether oxygens (including phenoxy) is 1. The summed E-state index contributed by atoms with van der Waals surface area (Å²) in [4.78, 5) is 12.0. The highest BCUT2D eigenvalue weighted by Crippen LogP contribution is 2.44. The van der Waals surface area contributed by atoms with E-state index >= 15 is 0 Å². The van der Waals surface area contributed by atoms with Crippen LogP contribution < -0.4 is 0 Å². The van der Waals surface area contributed by atoms with E-state index in [4.69, 9.17) is 0 Å². The summed E-state index contributed by atoms with van der Waals surface area (Å²) in [5.41, 5.74) is -0.445. The second kappa shape index (κ2) is 8.69. The van der Waals surface area contributed by atoms with Gasteiger partial charge in [0.2, 0.25) is 0 Å². The minimum Gasteiger partial charge on any atom is -0.469 e. The van der Waals surface area contributed by atoms with Gasteiger partial charge in [0, 0.05) is 11.1 Å². The van der Waals surface area contributed by atoms with Crippen LogP contribution >= 0.6 is 0 Å². The largest absolute Gasteiger partial charge is 0.469 e. The third-order valence-corrected chi connectivity index (χ3v) is 5.06. The average Bonchev–Trinajstić information content (AvgIpc) is 2.63. The zero-order valence-electron chi connectivity index (χ0n) is 15.3. The summed E-state index contributed by atoms with van der Waals surface area (Å²) in [6, 6.07) is 0.832. The molecule has 0 amide bonds. The second-order valence-electron chi connectivity index (χ2n) is 6.79. The molecule has 2 rings (SSSR count). The summed E-state index contributed by atoms with van der Waals surface area (Å²) in [5, 5.41) is 0. The minimum atomic E-state index is -1.37. The van der Waals surface area contributed by atoms with Crippen molar-refractivity contribution < 1.29 is 27.1 Å². The van der Waals surface area contributed by atoms with Crippen molar-refractivity contribution in [1.29, 1.82) is 0 Å². The fraction of sp³-hybridized carbons (Fsp3) is 0.550. The molecule has 1 aliphatic carbocycles. The third-order valence-electron chi connectivity index (χ3n) is 5.06. The standard InChI is InChI=1S/C20H24F4O2/c1-4-5-6-7-12-15(21)10-14(19(24)18(12)23)16-13(20(25)26-3)9-8-11(2)17(16)22/h10,13,16H,4-9H2,1-3H3. The van der Waals surface area contributed by atoms with E-state index in [2.05, 4.69) is 4.74 Å². The summed E-state index contributed by atoms with van der Waals surface area (Å²) < 4.78 is 63.0. The molecular formula is C20H24F4O2. The predicted octanol–water partition coefficient (Wildman–Crippen LogP) is 5.75. The number of carbonyl (C=O) groups is 1. The third kappa shape index (κ3) is 3.94. The molecule has 0 aromatic heterocycles. The number of halogens is 4. The summed E-state index contributed by atoms with van der Waals surface area (Å²) in [5.74, 6) is -7.31. The first kappa shape index (κ1) is 20.5. The maximum absolute atomic E-state index is 14.7. The van der Waals surface area contributed by atoms with Crippen molar-refractivity contribution in [3.05, 3.63) is 46.0 Å². The van der Waals surface area contributed by atoms with E-state index in [9.17, 15) is 22.4 Å². The smallest absolute Gasteiger partial charge is 0.309 e. The van der Waals surface area contributed by atoms with Crippen LogP contribution in [0.4, 0.5) is 17.6 Å². The van der Waals surface area contributed by atoms with Gasteiger partial charge in [0.15, 0.2) is 11.6 Å². The summed E-state index contributed by atoms with van der Waals surface area (Å²) in [6.07, 6.45) is 2.78. The van der Waals surface area contributed by atoms with Crippen LogP contribution in [0.5, 0.6) is 0 Å². The van der Waals surface area contributed by atoms with Crippen molar-refractivity contribution in [2.45, 2.75) is 58.3 Å². The highest BCUT2D eigenvalue weighted by atomic mass is 19.2. The molecule has 0 fully saturated rings. The Morgan fingerprint density at radius 2 is 1.88 bits per heavy atom. The van der Waals surface area contributed by atoms with E-state index in [1.807, 2.05) is 6.92 Å². The topological polar surface area (TPSA) is 26.3 Å². The first-order chi connectivity index (χ1) is 12.3. The molecule has 0 aliphatic heterocycles. The molecule has 1 aromatic rings. The fourth-order valence-electron chi connectivity index (χ4n) is 3.52.